The molecule has 0 saturated carbocycles. The van der Waals surface area contributed by atoms with Crippen LogP contribution in [0.1, 0.15) is 26.4 Å². The Morgan fingerprint density at radius 3 is 2.06 bits per heavy atom. The Kier molecular flexibility index (Phi) is 5.94. The number of ether oxygens (including phenoxy) is 2. The fraction of sp³-hybridized carbons (Fsp3) is 0.292. The Bertz CT molecular complexity index is 1160. The molecule has 7 nitrogen and oxygen atoms in total. The lowest BCUT2D eigenvalue weighted by Gasteiger charge is -2.35. The number of rotatable bonds is 4. The van der Waals surface area contributed by atoms with Crippen LogP contribution >= 0.6 is 0 Å². The summed E-state index contributed by atoms with van der Waals surface area (Å²) in [6.45, 7) is 3.38. The van der Waals surface area contributed by atoms with Gasteiger partial charge in [-0.05, 0) is 37.3 Å². The Balaban J connectivity index is 1.50. The van der Waals surface area contributed by atoms with Crippen molar-refractivity contribution in [1.29, 1.82) is 0 Å². The molecule has 0 spiro atoms. The van der Waals surface area contributed by atoms with Gasteiger partial charge in [-0.1, -0.05) is 0 Å². The molecule has 4 rings (SSSR count). The average Bonchev–Trinajstić information content (AvgIpc) is 2.82. The number of fused-ring (bicyclic) bond motifs is 1. The summed E-state index contributed by atoms with van der Waals surface area (Å²) in [5.74, 6) is 0.392. The molecule has 8 heteroatoms. The number of nitrogens with zero attached hydrogens (tertiary/aromatic N) is 3. The number of piperazine rings is 1. The highest BCUT2D eigenvalue weighted by molar-refractivity contribution is 6.06. The molecule has 0 unspecified atom stereocenters. The monoisotopic (exact) mass is 437 g/mol. The molecule has 2 aromatic carbocycles. The van der Waals surface area contributed by atoms with Crippen molar-refractivity contribution in [1.82, 2.24) is 14.8 Å². The number of halogens is 1. The van der Waals surface area contributed by atoms with Crippen molar-refractivity contribution in [3.05, 3.63) is 65.1 Å². The number of carbonyl (C=O) groups excluding carboxylic acids is 2. The second-order valence-corrected chi connectivity index (χ2v) is 7.66. The minimum Gasteiger partial charge on any atom is -0.497 e. The molecule has 0 N–H and O–H groups in total. The number of pyridine rings is 1. The highest BCUT2D eigenvalue weighted by Crippen LogP contribution is 2.25. The van der Waals surface area contributed by atoms with E-state index in [1.54, 1.807) is 47.1 Å². The quantitative estimate of drug-likeness (QED) is 0.626. The Morgan fingerprint density at radius 1 is 0.875 bits per heavy atom. The lowest BCUT2D eigenvalue weighted by molar-refractivity contribution is 0.0536. The molecule has 1 fully saturated rings. The Labute approximate surface area is 185 Å². The average molecular weight is 437 g/mol. The first-order valence-electron chi connectivity index (χ1n) is 10.3. The largest absolute Gasteiger partial charge is 0.497 e. The van der Waals surface area contributed by atoms with Gasteiger partial charge in [-0.25, -0.2) is 4.39 Å². The Hall–Kier alpha value is -3.68. The van der Waals surface area contributed by atoms with Gasteiger partial charge in [0.25, 0.3) is 11.8 Å². The van der Waals surface area contributed by atoms with E-state index in [2.05, 4.69) is 4.98 Å². The number of methoxy groups -OCH3 is 2. The lowest BCUT2D eigenvalue weighted by Crippen LogP contribution is -2.50. The van der Waals surface area contributed by atoms with Crippen LogP contribution in [0.5, 0.6) is 11.5 Å². The van der Waals surface area contributed by atoms with Crippen LogP contribution in [0.2, 0.25) is 0 Å². The van der Waals surface area contributed by atoms with E-state index < -0.39 is 5.82 Å². The van der Waals surface area contributed by atoms with Gasteiger partial charge in [0.1, 0.15) is 17.3 Å². The van der Waals surface area contributed by atoms with Crippen molar-refractivity contribution in [3.8, 4) is 11.5 Å². The van der Waals surface area contributed by atoms with Gasteiger partial charge in [0.15, 0.2) is 0 Å². The van der Waals surface area contributed by atoms with Crippen molar-refractivity contribution in [3.63, 3.8) is 0 Å². The van der Waals surface area contributed by atoms with Gasteiger partial charge < -0.3 is 19.3 Å². The Morgan fingerprint density at radius 2 is 1.47 bits per heavy atom. The molecular formula is C24H24FN3O4. The molecule has 2 amide bonds. The number of amides is 2. The zero-order valence-electron chi connectivity index (χ0n) is 18.2. The fourth-order valence-corrected chi connectivity index (χ4v) is 3.91. The molecule has 1 aliphatic rings. The summed E-state index contributed by atoms with van der Waals surface area (Å²) in [6.07, 6.45) is 0. The van der Waals surface area contributed by atoms with E-state index in [1.807, 2.05) is 0 Å². The zero-order chi connectivity index (χ0) is 22.8. The zero-order valence-corrected chi connectivity index (χ0v) is 18.2. The summed E-state index contributed by atoms with van der Waals surface area (Å²) >= 11 is 0. The van der Waals surface area contributed by atoms with Gasteiger partial charge in [-0.3, -0.25) is 14.6 Å². The summed E-state index contributed by atoms with van der Waals surface area (Å²) in [6, 6.07) is 11.0. The highest BCUT2D eigenvalue weighted by atomic mass is 19.1. The van der Waals surface area contributed by atoms with Crippen LogP contribution < -0.4 is 9.47 Å². The molecule has 1 saturated heterocycles. The summed E-state index contributed by atoms with van der Waals surface area (Å²) in [5, 5.41) is 0.615. The number of aromatic nitrogens is 1. The van der Waals surface area contributed by atoms with E-state index in [1.165, 1.54) is 26.4 Å². The van der Waals surface area contributed by atoms with Crippen molar-refractivity contribution >= 4 is 22.7 Å². The molecular weight excluding hydrogens is 413 g/mol. The van der Waals surface area contributed by atoms with Gasteiger partial charge in [-0.15, -0.1) is 0 Å². The third-order valence-corrected chi connectivity index (χ3v) is 5.58. The van der Waals surface area contributed by atoms with Gasteiger partial charge >= 0.3 is 0 Å². The van der Waals surface area contributed by atoms with E-state index >= 15 is 0 Å². The first kappa shape index (κ1) is 21.5. The van der Waals surface area contributed by atoms with Crippen LogP contribution in [0.4, 0.5) is 4.39 Å². The molecule has 166 valence electrons. The molecule has 1 aromatic heterocycles. The van der Waals surface area contributed by atoms with E-state index in [0.29, 0.717) is 65.4 Å². The second kappa shape index (κ2) is 8.82. The third kappa shape index (κ3) is 4.21. The van der Waals surface area contributed by atoms with Crippen LogP contribution in [-0.4, -0.2) is 67.0 Å². The van der Waals surface area contributed by atoms with Crippen LogP contribution in [-0.2, 0) is 0 Å². The van der Waals surface area contributed by atoms with Crippen molar-refractivity contribution < 1.29 is 23.5 Å². The molecule has 1 aliphatic heterocycles. The maximum atomic E-state index is 13.6. The standard InChI is InChI=1S/C24H24FN3O4/c1-15-10-21(20-5-4-17(25)13-22(20)26-15)24(30)28-8-6-27(7-9-28)23(29)16-11-18(31-2)14-19(12-16)32-3/h4-5,10-14H,6-9H2,1-3H3. The highest BCUT2D eigenvalue weighted by Gasteiger charge is 2.27. The molecule has 3 aromatic rings. The lowest BCUT2D eigenvalue weighted by atomic mass is 10.1. The van der Waals surface area contributed by atoms with Crippen LogP contribution in [0, 0.1) is 12.7 Å². The maximum Gasteiger partial charge on any atom is 0.254 e. The second-order valence-electron chi connectivity index (χ2n) is 7.66. The molecule has 2 heterocycles. The normalized spacial score (nSPS) is 13.9. The first-order chi connectivity index (χ1) is 15.4. The predicted molar refractivity (Wildman–Crippen MR) is 118 cm³/mol. The smallest absolute Gasteiger partial charge is 0.254 e. The summed E-state index contributed by atoms with van der Waals surface area (Å²) in [4.78, 5) is 34.0. The number of hydrogen-bond donors (Lipinski definition) is 0. The van der Waals surface area contributed by atoms with Gasteiger partial charge in [0.2, 0.25) is 0 Å². The van der Waals surface area contributed by atoms with Gasteiger partial charge in [0.05, 0.1) is 25.3 Å². The predicted octanol–water partition coefficient (Wildman–Crippen LogP) is 3.30. The van der Waals surface area contributed by atoms with Gasteiger partial charge in [-0.2, -0.15) is 0 Å². The summed E-state index contributed by atoms with van der Waals surface area (Å²) < 4.78 is 24.1. The van der Waals surface area contributed by atoms with Crippen LogP contribution in [0.25, 0.3) is 10.9 Å². The molecule has 0 bridgehead atoms. The first-order valence-corrected chi connectivity index (χ1v) is 10.3. The topological polar surface area (TPSA) is 72.0 Å². The van der Waals surface area contributed by atoms with E-state index in [9.17, 15) is 14.0 Å². The SMILES string of the molecule is COc1cc(OC)cc(C(=O)N2CCN(C(=O)c3cc(C)nc4cc(F)ccc34)CC2)c1. The summed E-state index contributed by atoms with van der Waals surface area (Å²) in [5.41, 5.74) is 2.06. The molecule has 0 radical (unpaired) electrons. The maximum absolute atomic E-state index is 13.6. The number of hydrogen-bond acceptors (Lipinski definition) is 5. The van der Waals surface area contributed by atoms with Crippen LogP contribution in [0.3, 0.4) is 0 Å². The van der Waals surface area contributed by atoms with Gasteiger partial charge in [0, 0.05) is 55.0 Å². The van der Waals surface area contributed by atoms with E-state index in [-0.39, 0.29) is 11.8 Å². The minimum absolute atomic E-state index is 0.144. The van der Waals surface area contributed by atoms with Crippen LogP contribution in [0.15, 0.2) is 42.5 Å². The molecule has 0 atom stereocenters. The van der Waals surface area contributed by atoms with Crippen molar-refractivity contribution in [2.24, 2.45) is 0 Å². The fourth-order valence-electron chi connectivity index (χ4n) is 3.91. The summed E-state index contributed by atoms with van der Waals surface area (Å²) in [7, 11) is 3.07. The number of benzene rings is 2. The molecule has 0 aliphatic carbocycles. The van der Waals surface area contributed by atoms with Crippen molar-refractivity contribution in [2.45, 2.75) is 6.92 Å². The van der Waals surface area contributed by atoms with Crippen molar-refractivity contribution in [2.75, 3.05) is 40.4 Å². The number of aryl methyl sites for hydroxylation is 1. The third-order valence-electron chi connectivity index (χ3n) is 5.58. The molecule has 32 heavy (non-hydrogen) atoms. The number of carbonyl (C=O) groups is 2. The minimum atomic E-state index is -0.393. The van der Waals surface area contributed by atoms with E-state index in [0.717, 1.165) is 0 Å². The van der Waals surface area contributed by atoms with E-state index in [4.69, 9.17) is 9.47 Å².